The molecular formula is C18H14Cl2N2O5. The van der Waals surface area contributed by atoms with Gasteiger partial charge in [0, 0.05) is 5.02 Å². The number of carbonyl (C=O) groups is 3. The summed E-state index contributed by atoms with van der Waals surface area (Å²) in [5.74, 6) is -1.17. The average Bonchev–Trinajstić information content (AvgIpc) is 2.63. The maximum atomic E-state index is 12.3. The fourth-order valence-corrected chi connectivity index (χ4v) is 2.76. The molecule has 2 aromatic rings. The van der Waals surface area contributed by atoms with Crippen LogP contribution in [0.1, 0.15) is 17.3 Å². The minimum absolute atomic E-state index is 0.133. The number of amides is 2. The van der Waals surface area contributed by atoms with Crippen molar-refractivity contribution in [2.24, 2.45) is 0 Å². The Hall–Kier alpha value is -2.77. The largest absolute Gasteiger partial charge is 0.482 e. The van der Waals surface area contributed by atoms with Gasteiger partial charge in [0.2, 0.25) is 0 Å². The lowest BCUT2D eigenvalue weighted by atomic mass is 10.1. The second-order valence-electron chi connectivity index (χ2n) is 5.71. The average molecular weight is 409 g/mol. The number of benzene rings is 2. The highest BCUT2D eigenvalue weighted by Crippen LogP contribution is 2.29. The summed E-state index contributed by atoms with van der Waals surface area (Å²) in [5, 5.41) is 5.89. The number of rotatable bonds is 4. The minimum atomic E-state index is -1.07. The lowest BCUT2D eigenvalue weighted by Gasteiger charge is -2.19. The van der Waals surface area contributed by atoms with Crippen LogP contribution in [0.5, 0.6) is 5.75 Å². The van der Waals surface area contributed by atoms with Crippen molar-refractivity contribution in [3.63, 3.8) is 0 Å². The molecule has 0 saturated carbocycles. The van der Waals surface area contributed by atoms with E-state index in [1.165, 1.54) is 31.2 Å². The maximum absolute atomic E-state index is 12.3. The van der Waals surface area contributed by atoms with Crippen molar-refractivity contribution in [2.75, 3.05) is 17.2 Å². The van der Waals surface area contributed by atoms with Crippen LogP contribution in [0.15, 0.2) is 36.4 Å². The van der Waals surface area contributed by atoms with E-state index >= 15 is 0 Å². The summed E-state index contributed by atoms with van der Waals surface area (Å²) in [6, 6.07) is 9.05. The molecule has 0 saturated heterocycles. The normalized spacial score (nSPS) is 13.7. The van der Waals surface area contributed by atoms with Gasteiger partial charge in [-0.1, -0.05) is 23.2 Å². The lowest BCUT2D eigenvalue weighted by Crippen LogP contribution is -2.30. The fraction of sp³-hybridized carbons (Fsp3) is 0.167. The number of halogens is 2. The Morgan fingerprint density at radius 3 is 2.74 bits per heavy atom. The lowest BCUT2D eigenvalue weighted by molar-refractivity contribution is -0.123. The predicted octanol–water partition coefficient (Wildman–Crippen LogP) is 3.51. The van der Waals surface area contributed by atoms with Crippen LogP contribution in [0.2, 0.25) is 10.0 Å². The van der Waals surface area contributed by atoms with E-state index in [1.54, 1.807) is 12.1 Å². The molecule has 0 radical (unpaired) electrons. The highest BCUT2D eigenvalue weighted by atomic mass is 35.5. The van der Waals surface area contributed by atoms with Gasteiger partial charge in [0.05, 0.1) is 22.0 Å². The van der Waals surface area contributed by atoms with Crippen molar-refractivity contribution < 1.29 is 23.9 Å². The highest BCUT2D eigenvalue weighted by molar-refractivity contribution is 6.36. The molecule has 1 heterocycles. The Balaban J connectivity index is 1.64. The first-order valence-corrected chi connectivity index (χ1v) is 8.62. The molecule has 1 aliphatic rings. The first-order chi connectivity index (χ1) is 12.8. The molecule has 0 fully saturated rings. The summed E-state index contributed by atoms with van der Waals surface area (Å²) in [6.45, 7) is 1.30. The summed E-state index contributed by atoms with van der Waals surface area (Å²) in [5.41, 5.74) is 1.01. The van der Waals surface area contributed by atoms with Crippen LogP contribution in [-0.2, 0) is 14.3 Å². The van der Waals surface area contributed by atoms with E-state index in [0.717, 1.165) is 0 Å². The highest BCUT2D eigenvalue weighted by Gasteiger charge is 2.22. The number of nitrogens with one attached hydrogen (secondary N) is 2. The number of hydrogen-bond acceptors (Lipinski definition) is 5. The van der Waals surface area contributed by atoms with Gasteiger partial charge < -0.3 is 20.1 Å². The standard InChI is InChI=1S/C18H14Cl2N2O5/c1-9(17(24)22-13-5-3-11(19)7-12(13)20)27-18(25)10-2-4-14-15(6-10)26-8-16(23)21-14/h2-7,9H,8H2,1H3,(H,21,23)(H,22,24). The van der Waals surface area contributed by atoms with Crippen LogP contribution in [0.4, 0.5) is 11.4 Å². The molecule has 2 N–H and O–H groups in total. The summed E-state index contributed by atoms with van der Waals surface area (Å²) in [7, 11) is 0. The van der Waals surface area contributed by atoms with E-state index in [1.807, 2.05) is 0 Å². The van der Waals surface area contributed by atoms with Gasteiger partial charge in [-0.05, 0) is 43.3 Å². The molecule has 140 valence electrons. The molecule has 0 spiro atoms. The van der Waals surface area contributed by atoms with Gasteiger partial charge in [-0.2, -0.15) is 0 Å². The van der Waals surface area contributed by atoms with E-state index < -0.39 is 18.0 Å². The topological polar surface area (TPSA) is 93.7 Å². The van der Waals surface area contributed by atoms with E-state index in [2.05, 4.69) is 10.6 Å². The zero-order valence-corrected chi connectivity index (χ0v) is 15.6. The molecule has 3 rings (SSSR count). The number of esters is 1. The van der Waals surface area contributed by atoms with Gasteiger partial charge in [0.25, 0.3) is 11.8 Å². The molecule has 1 atom stereocenters. The number of ether oxygens (including phenoxy) is 2. The molecule has 1 aliphatic heterocycles. The second kappa shape index (κ2) is 7.85. The van der Waals surface area contributed by atoms with Gasteiger partial charge in [0.1, 0.15) is 5.75 Å². The summed E-state index contributed by atoms with van der Waals surface area (Å²) < 4.78 is 10.4. The van der Waals surface area contributed by atoms with Crippen LogP contribution in [0.25, 0.3) is 0 Å². The first kappa shape index (κ1) is 19.0. The number of carbonyl (C=O) groups excluding carboxylic acids is 3. The Kier molecular flexibility index (Phi) is 5.53. The van der Waals surface area contributed by atoms with E-state index in [9.17, 15) is 14.4 Å². The smallest absolute Gasteiger partial charge is 0.339 e. The predicted molar refractivity (Wildman–Crippen MR) is 101 cm³/mol. The number of hydrogen-bond donors (Lipinski definition) is 2. The van der Waals surface area contributed by atoms with Crippen LogP contribution >= 0.6 is 23.2 Å². The summed E-state index contributed by atoms with van der Waals surface area (Å²) in [6.07, 6.45) is -1.07. The Bertz CT molecular complexity index is 932. The SMILES string of the molecule is CC(OC(=O)c1ccc2c(c1)OCC(=O)N2)C(=O)Nc1ccc(Cl)cc1Cl. The quantitative estimate of drug-likeness (QED) is 0.754. The third kappa shape index (κ3) is 4.50. The van der Waals surface area contributed by atoms with Gasteiger partial charge >= 0.3 is 5.97 Å². The zero-order chi connectivity index (χ0) is 19.6. The molecule has 9 heteroatoms. The molecule has 1 unspecified atom stereocenters. The van der Waals surface area contributed by atoms with E-state index in [4.69, 9.17) is 32.7 Å². The Morgan fingerprint density at radius 2 is 2.00 bits per heavy atom. The molecule has 0 aliphatic carbocycles. The van der Waals surface area contributed by atoms with Gasteiger partial charge in [-0.3, -0.25) is 9.59 Å². The van der Waals surface area contributed by atoms with Crippen LogP contribution in [0, 0.1) is 0 Å². The third-order valence-corrected chi connectivity index (χ3v) is 4.24. The third-order valence-electron chi connectivity index (χ3n) is 3.69. The Morgan fingerprint density at radius 1 is 1.22 bits per heavy atom. The van der Waals surface area contributed by atoms with Crippen LogP contribution in [-0.4, -0.2) is 30.5 Å². The molecule has 27 heavy (non-hydrogen) atoms. The summed E-state index contributed by atoms with van der Waals surface area (Å²) in [4.78, 5) is 35.8. The van der Waals surface area contributed by atoms with Gasteiger partial charge in [-0.15, -0.1) is 0 Å². The minimum Gasteiger partial charge on any atom is -0.482 e. The van der Waals surface area contributed by atoms with Crippen molar-refractivity contribution in [3.05, 3.63) is 52.0 Å². The number of fused-ring (bicyclic) bond motifs is 1. The van der Waals surface area contributed by atoms with Crippen molar-refractivity contribution >= 4 is 52.4 Å². The van der Waals surface area contributed by atoms with E-state index in [-0.39, 0.29) is 23.1 Å². The molecule has 0 aromatic heterocycles. The van der Waals surface area contributed by atoms with Gasteiger partial charge in [0.15, 0.2) is 12.7 Å². The van der Waals surface area contributed by atoms with Crippen molar-refractivity contribution in [2.45, 2.75) is 13.0 Å². The molecule has 7 nitrogen and oxygen atoms in total. The summed E-state index contributed by atoms with van der Waals surface area (Å²) >= 11 is 11.8. The fourth-order valence-electron chi connectivity index (χ4n) is 2.31. The van der Waals surface area contributed by atoms with Gasteiger partial charge in [-0.25, -0.2) is 4.79 Å². The maximum Gasteiger partial charge on any atom is 0.339 e. The molecule has 2 amide bonds. The van der Waals surface area contributed by atoms with Crippen LogP contribution in [0.3, 0.4) is 0 Å². The Labute approximate surface area is 164 Å². The van der Waals surface area contributed by atoms with Crippen molar-refractivity contribution in [1.82, 2.24) is 0 Å². The van der Waals surface area contributed by atoms with Crippen molar-refractivity contribution in [1.29, 1.82) is 0 Å². The molecule has 2 aromatic carbocycles. The van der Waals surface area contributed by atoms with E-state index in [0.29, 0.717) is 22.1 Å². The zero-order valence-electron chi connectivity index (χ0n) is 14.0. The molecular weight excluding hydrogens is 395 g/mol. The van der Waals surface area contributed by atoms with Crippen LogP contribution < -0.4 is 15.4 Å². The number of anilines is 2. The second-order valence-corrected chi connectivity index (χ2v) is 6.55. The molecule has 0 bridgehead atoms. The van der Waals surface area contributed by atoms with Crippen molar-refractivity contribution in [3.8, 4) is 5.75 Å². The first-order valence-electron chi connectivity index (χ1n) is 7.87. The monoisotopic (exact) mass is 408 g/mol.